The number of alkyl halides is 3. The van der Waals surface area contributed by atoms with E-state index in [1.54, 1.807) is 10.9 Å². The molecule has 2 aromatic carbocycles. The number of fused-ring (bicyclic) bond motifs is 2. The Morgan fingerprint density at radius 2 is 1.75 bits per heavy atom. The summed E-state index contributed by atoms with van der Waals surface area (Å²) in [6.45, 7) is 4.95. The molecule has 0 atom stereocenters. The van der Waals surface area contributed by atoms with Crippen LogP contribution in [0.15, 0.2) is 54.9 Å². The SMILES string of the molecule is Cn1c(Nc2nc(NCCN3CCOCC3)c3ncn(Cc4ccc(C(F)(F)F)cc4)c3n2)nc2ccccc21. The predicted octanol–water partition coefficient (Wildman–Crippen LogP) is 4.27. The topological polar surface area (TPSA) is 98.0 Å². The highest BCUT2D eigenvalue weighted by Gasteiger charge is 2.30. The second-order valence-electron chi connectivity index (χ2n) is 9.62. The minimum absolute atomic E-state index is 0.296. The van der Waals surface area contributed by atoms with E-state index in [1.165, 1.54) is 12.1 Å². The smallest absolute Gasteiger partial charge is 0.379 e. The number of hydrogen-bond donors (Lipinski definition) is 2. The molecule has 0 aliphatic carbocycles. The summed E-state index contributed by atoms with van der Waals surface area (Å²) in [5.74, 6) is 1.47. The van der Waals surface area contributed by atoms with Crippen molar-refractivity contribution in [3.63, 3.8) is 0 Å². The summed E-state index contributed by atoms with van der Waals surface area (Å²) >= 11 is 0. The van der Waals surface area contributed by atoms with Crippen LogP contribution in [0.4, 0.5) is 30.9 Å². The Balaban J connectivity index is 1.31. The van der Waals surface area contributed by atoms with Gasteiger partial charge in [-0.25, -0.2) is 9.97 Å². The zero-order valence-electron chi connectivity index (χ0n) is 21.8. The van der Waals surface area contributed by atoms with Crippen LogP contribution in [0.3, 0.4) is 0 Å². The molecule has 0 bridgehead atoms. The van der Waals surface area contributed by atoms with Gasteiger partial charge in [-0.2, -0.15) is 23.1 Å². The molecule has 0 radical (unpaired) electrons. The van der Waals surface area contributed by atoms with Crippen LogP contribution in [0.2, 0.25) is 0 Å². The fourth-order valence-electron chi connectivity index (χ4n) is 4.75. The standard InChI is InChI=1S/C27H28F3N9O/c1-37-21-5-3-2-4-20(21)33-26(37)36-25-34-23(31-10-11-38-12-14-40-15-13-38)22-24(35-25)39(17-32-22)16-18-6-8-19(9-7-18)27(28,29)30/h2-9,17H,10-16H2,1H3,(H2,31,33,34,35,36). The van der Waals surface area contributed by atoms with E-state index in [-0.39, 0.29) is 0 Å². The van der Waals surface area contributed by atoms with Gasteiger partial charge >= 0.3 is 6.18 Å². The molecule has 208 valence electrons. The average molecular weight is 552 g/mol. The van der Waals surface area contributed by atoms with Gasteiger partial charge in [0.15, 0.2) is 17.0 Å². The van der Waals surface area contributed by atoms with E-state index in [0.717, 1.165) is 56.0 Å². The van der Waals surface area contributed by atoms with E-state index in [1.807, 2.05) is 35.9 Å². The molecule has 1 saturated heterocycles. The van der Waals surface area contributed by atoms with E-state index in [2.05, 4.69) is 25.5 Å². The fraction of sp³-hybridized carbons (Fsp3) is 0.333. The first kappa shape index (κ1) is 26.0. The number of anilines is 3. The highest BCUT2D eigenvalue weighted by molar-refractivity contribution is 5.85. The van der Waals surface area contributed by atoms with Gasteiger partial charge < -0.3 is 19.2 Å². The Morgan fingerprint density at radius 3 is 2.50 bits per heavy atom. The Labute approximate surface area is 227 Å². The van der Waals surface area contributed by atoms with Gasteiger partial charge in [0.25, 0.3) is 0 Å². The zero-order valence-corrected chi connectivity index (χ0v) is 21.8. The molecule has 1 fully saturated rings. The van der Waals surface area contributed by atoms with Gasteiger partial charge in [0, 0.05) is 33.2 Å². The maximum atomic E-state index is 13.0. The van der Waals surface area contributed by atoms with Crippen LogP contribution in [0.25, 0.3) is 22.2 Å². The first-order valence-electron chi connectivity index (χ1n) is 13.0. The summed E-state index contributed by atoms with van der Waals surface area (Å²) in [5.41, 5.74) is 2.92. The van der Waals surface area contributed by atoms with Crippen LogP contribution in [-0.4, -0.2) is 73.4 Å². The highest BCUT2D eigenvalue weighted by atomic mass is 19.4. The van der Waals surface area contributed by atoms with Crippen molar-refractivity contribution in [1.29, 1.82) is 0 Å². The van der Waals surface area contributed by atoms with Crippen molar-refractivity contribution in [1.82, 2.24) is 34.0 Å². The lowest BCUT2D eigenvalue weighted by Crippen LogP contribution is -2.39. The van der Waals surface area contributed by atoms with E-state index < -0.39 is 11.7 Å². The Hall–Kier alpha value is -4.23. The second kappa shape index (κ2) is 10.7. The number of ether oxygens (including phenoxy) is 1. The fourth-order valence-corrected chi connectivity index (χ4v) is 4.75. The molecule has 5 aromatic rings. The lowest BCUT2D eigenvalue weighted by atomic mass is 10.1. The van der Waals surface area contributed by atoms with E-state index >= 15 is 0 Å². The second-order valence-corrected chi connectivity index (χ2v) is 9.62. The summed E-state index contributed by atoms with van der Waals surface area (Å²) in [5, 5.41) is 6.64. The summed E-state index contributed by atoms with van der Waals surface area (Å²) in [7, 11) is 1.91. The number of imidazole rings is 2. The maximum Gasteiger partial charge on any atom is 0.416 e. The molecule has 6 rings (SSSR count). The number of nitrogens with zero attached hydrogens (tertiary/aromatic N) is 7. The lowest BCUT2D eigenvalue weighted by molar-refractivity contribution is -0.137. The maximum absolute atomic E-state index is 13.0. The van der Waals surface area contributed by atoms with Crippen LogP contribution in [0, 0.1) is 0 Å². The van der Waals surface area contributed by atoms with Gasteiger partial charge in [0.1, 0.15) is 0 Å². The van der Waals surface area contributed by atoms with Gasteiger partial charge in [0.05, 0.1) is 42.7 Å². The number of benzene rings is 2. The first-order chi connectivity index (χ1) is 19.3. The number of halogens is 3. The molecule has 1 aliphatic rings. The van der Waals surface area contributed by atoms with E-state index in [0.29, 0.717) is 47.5 Å². The van der Waals surface area contributed by atoms with Crippen molar-refractivity contribution in [2.24, 2.45) is 7.05 Å². The number of morpholine rings is 1. The molecule has 0 unspecified atom stereocenters. The number of aromatic nitrogens is 6. The minimum Gasteiger partial charge on any atom is -0.379 e. The van der Waals surface area contributed by atoms with Crippen molar-refractivity contribution in [3.05, 3.63) is 66.0 Å². The molecule has 10 nitrogen and oxygen atoms in total. The van der Waals surface area contributed by atoms with E-state index in [4.69, 9.17) is 14.7 Å². The van der Waals surface area contributed by atoms with Crippen molar-refractivity contribution in [3.8, 4) is 0 Å². The molecule has 0 saturated carbocycles. The van der Waals surface area contributed by atoms with Gasteiger partial charge in [-0.3, -0.25) is 10.2 Å². The summed E-state index contributed by atoms with van der Waals surface area (Å²) in [6, 6.07) is 12.9. The molecule has 0 amide bonds. The van der Waals surface area contributed by atoms with Gasteiger partial charge in [-0.1, -0.05) is 24.3 Å². The molecule has 1 aliphatic heterocycles. The van der Waals surface area contributed by atoms with Crippen LogP contribution >= 0.6 is 0 Å². The summed E-state index contributed by atoms with van der Waals surface area (Å²) in [6.07, 6.45) is -2.76. The summed E-state index contributed by atoms with van der Waals surface area (Å²) in [4.78, 5) is 21.0. The largest absolute Gasteiger partial charge is 0.416 e. The summed E-state index contributed by atoms with van der Waals surface area (Å²) < 4.78 is 48.2. The molecular weight excluding hydrogens is 523 g/mol. The number of rotatable bonds is 8. The number of hydrogen-bond acceptors (Lipinski definition) is 8. The van der Waals surface area contributed by atoms with Crippen molar-refractivity contribution in [2.45, 2.75) is 12.7 Å². The number of para-hydroxylation sites is 2. The third-order valence-electron chi connectivity index (χ3n) is 6.93. The average Bonchev–Trinajstić information content (AvgIpc) is 3.49. The van der Waals surface area contributed by atoms with Crippen LogP contribution < -0.4 is 10.6 Å². The quantitative estimate of drug-likeness (QED) is 0.295. The number of aryl methyl sites for hydroxylation is 1. The zero-order chi connectivity index (χ0) is 27.7. The molecule has 40 heavy (non-hydrogen) atoms. The molecule has 2 N–H and O–H groups in total. The molecular formula is C27H28F3N9O. The monoisotopic (exact) mass is 551 g/mol. The van der Waals surface area contributed by atoms with Gasteiger partial charge in [-0.15, -0.1) is 0 Å². The van der Waals surface area contributed by atoms with Crippen molar-refractivity contribution >= 4 is 39.9 Å². The lowest BCUT2D eigenvalue weighted by Gasteiger charge is -2.26. The van der Waals surface area contributed by atoms with Gasteiger partial charge in [0.2, 0.25) is 11.9 Å². The third-order valence-corrected chi connectivity index (χ3v) is 6.93. The molecule has 0 spiro atoms. The minimum atomic E-state index is -4.38. The highest BCUT2D eigenvalue weighted by Crippen LogP contribution is 2.30. The van der Waals surface area contributed by atoms with Crippen LogP contribution in [0.5, 0.6) is 0 Å². The normalized spacial score (nSPS) is 14.7. The van der Waals surface area contributed by atoms with Crippen molar-refractivity contribution in [2.75, 3.05) is 50.0 Å². The number of nitrogens with one attached hydrogen (secondary N) is 2. The van der Waals surface area contributed by atoms with Gasteiger partial charge in [-0.05, 0) is 29.8 Å². The van der Waals surface area contributed by atoms with Crippen LogP contribution in [-0.2, 0) is 24.5 Å². The Bertz CT molecular complexity index is 1620. The third kappa shape index (κ3) is 5.42. The molecule has 3 aromatic heterocycles. The predicted molar refractivity (Wildman–Crippen MR) is 146 cm³/mol. The molecule has 13 heteroatoms. The first-order valence-corrected chi connectivity index (χ1v) is 13.0. The van der Waals surface area contributed by atoms with E-state index in [9.17, 15) is 13.2 Å². The van der Waals surface area contributed by atoms with Crippen LogP contribution in [0.1, 0.15) is 11.1 Å². The van der Waals surface area contributed by atoms with Crippen molar-refractivity contribution < 1.29 is 17.9 Å². The molecule has 4 heterocycles. The Morgan fingerprint density at radius 1 is 0.975 bits per heavy atom. The Kier molecular flexibility index (Phi) is 6.98.